The summed E-state index contributed by atoms with van der Waals surface area (Å²) in [6.45, 7) is 5.39. The third kappa shape index (κ3) is 3.99. The van der Waals surface area contributed by atoms with Crippen molar-refractivity contribution in [2.75, 3.05) is 19.6 Å². The van der Waals surface area contributed by atoms with E-state index >= 15 is 0 Å². The van der Waals surface area contributed by atoms with Gasteiger partial charge in [-0.15, -0.1) is 11.3 Å². The van der Waals surface area contributed by atoms with Crippen LogP contribution < -0.4 is 11.1 Å². The normalized spacial score (nSPS) is 20.4. The number of nitrogens with two attached hydrogens (primary N) is 1. The molecule has 2 heterocycles. The Labute approximate surface area is 118 Å². The lowest BCUT2D eigenvalue weighted by Gasteiger charge is -2.33. The van der Waals surface area contributed by atoms with E-state index in [1.807, 2.05) is 0 Å². The van der Waals surface area contributed by atoms with E-state index in [9.17, 15) is 4.79 Å². The van der Waals surface area contributed by atoms with Crippen molar-refractivity contribution in [2.24, 2.45) is 5.73 Å². The molecule has 1 atom stereocenters. The molecule has 1 aliphatic heterocycles. The number of nitrogens with one attached hydrogen (secondary N) is 1. The van der Waals surface area contributed by atoms with Gasteiger partial charge in [-0.1, -0.05) is 6.42 Å². The molecule has 0 aromatic carbocycles. The standard InChI is InChI=1S/C13H22N4OS/c1-10-4-2-3-6-17(10)7-5-15-13(18)11-9-19-12(8-14)16-11/h9-10H,2-8,14H2,1H3,(H,15,18). The summed E-state index contributed by atoms with van der Waals surface area (Å²) >= 11 is 1.43. The minimum absolute atomic E-state index is 0.0967. The van der Waals surface area contributed by atoms with Crippen molar-refractivity contribution in [3.63, 3.8) is 0 Å². The maximum atomic E-state index is 11.9. The number of hydrogen-bond acceptors (Lipinski definition) is 5. The Balaban J connectivity index is 1.74. The van der Waals surface area contributed by atoms with Crippen molar-refractivity contribution in [1.82, 2.24) is 15.2 Å². The van der Waals surface area contributed by atoms with Crippen LogP contribution in [0.1, 0.15) is 41.7 Å². The molecule has 5 nitrogen and oxygen atoms in total. The van der Waals surface area contributed by atoms with E-state index in [2.05, 4.69) is 22.1 Å². The average molecular weight is 282 g/mol. The fourth-order valence-corrected chi connectivity index (χ4v) is 3.06. The number of nitrogens with zero attached hydrogens (tertiary/aromatic N) is 2. The highest BCUT2D eigenvalue weighted by atomic mass is 32.1. The molecule has 1 aliphatic rings. The second-order valence-electron chi connectivity index (χ2n) is 4.97. The molecule has 1 saturated heterocycles. The molecule has 6 heteroatoms. The first kappa shape index (κ1) is 14.4. The molecule has 0 saturated carbocycles. The fourth-order valence-electron chi connectivity index (χ4n) is 2.40. The van der Waals surface area contributed by atoms with E-state index in [-0.39, 0.29) is 5.91 Å². The first-order valence-corrected chi connectivity index (χ1v) is 7.75. The van der Waals surface area contributed by atoms with Crippen molar-refractivity contribution in [2.45, 2.75) is 38.8 Å². The summed E-state index contributed by atoms with van der Waals surface area (Å²) in [7, 11) is 0. The molecule has 1 aromatic rings. The molecule has 0 spiro atoms. The Morgan fingerprint density at radius 3 is 3.16 bits per heavy atom. The number of hydrogen-bond donors (Lipinski definition) is 2. The molecule has 3 N–H and O–H groups in total. The summed E-state index contributed by atoms with van der Waals surface area (Å²) in [5, 5.41) is 5.49. The number of piperidine rings is 1. The van der Waals surface area contributed by atoms with Crippen LogP contribution in [0.2, 0.25) is 0 Å². The molecule has 0 bridgehead atoms. The highest BCUT2D eigenvalue weighted by Gasteiger charge is 2.18. The smallest absolute Gasteiger partial charge is 0.270 e. The second-order valence-corrected chi connectivity index (χ2v) is 5.91. The number of thiazole rings is 1. The summed E-state index contributed by atoms with van der Waals surface area (Å²) in [6.07, 6.45) is 3.86. The summed E-state index contributed by atoms with van der Waals surface area (Å²) in [4.78, 5) is 18.5. The lowest BCUT2D eigenvalue weighted by molar-refractivity contribution is 0.0934. The van der Waals surface area contributed by atoms with Crippen LogP contribution in [0, 0.1) is 0 Å². The molecule has 1 amide bonds. The van der Waals surface area contributed by atoms with Gasteiger partial charge in [-0.05, 0) is 26.3 Å². The number of rotatable bonds is 5. The van der Waals surface area contributed by atoms with Crippen molar-refractivity contribution in [1.29, 1.82) is 0 Å². The van der Waals surface area contributed by atoms with Crippen LogP contribution in [-0.2, 0) is 6.54 Å². The molecule has 0 radical (unpaired) electrons. The zero-order valence-electron chi connectivity index (χ0n) is 11.4. The number of likely N-dealkylation sites (tertiary alicyclic amines) is 1. The van der Waals surface area contributed by atoms with Gasteiger partial charge in [0.2, 0.25) is 0 Å². The SMILES string of the molecule is CC1CCCCN1CCNC(=O)c1csc(CN)n1. The third-order valence-electron chi connectivity index (χ3n) is 3.58. The molecule has 0 aliphatic carbocycles. The van der Waals surface area contributed by atoms with Crippen LogP contribution in [0.3, 0.4) is 0 Å². The van der Waals surface area contributed by atoms with Gasteiger partial charge in [0.25, 0.3) is 5.91 Å². The van der Waals surface area contributed by atoms with Crippen LogP contribution in [0.5, 0.6) is 0 Å². The lowest BCUT2D eigenvalue weighted by Crippen LogP contribution is -2.42. The first-order chi connectivity index (χ1) is 9.20. The zero-order valence-corrected chi connectivity index (χ0v) is 12.2. The second kappa shape index (κ2) is 6.98. The van der Waals surface area contributed by atoms with Gasteiger partial charge in [-0.25, -0.2) is 4.98 Å². The Morgan fingerprint density at radius 2 is 2.47 bits per heavy atom. The van der Waals surface area contributed by atoms with Gasteiger partial charge < -0.3 is 11.1 Å². The van der Waals surface area contributed by atoms with E-state index < -0.39 is 0 Å². The molecule has 106 valence electrons. The maximum Gasteiger partial charge on any atom is 0.270 e. The quantitative estimate of drug-likeness (QED) is 0.851. The molecular formula is C13H22N4OS. The van der Waals surface area contributed by atoms with Crippen LogP contribution in [-0.4, -0.2) is 41.5 Å². The largest absolute Gasteiger partial charge is 0.349 e. The topological polar surface area (TPSA) is 71.2 Å². The molecule has 2 rings (SSSR count). The van der Waals surface area contributed by atoms with E-state index in [0.717, 1.165) is 18.1 Å². The van der Waals surface area contributed by atoms with E-state index in [1.165, 1.54) is 30.6 Å². The minimum atomic E-state index is -0.0967. The zero-order chi connectivity index (χ0) is 13.7. The average Bonchev–Trinajstić information content (AvgIpc) is 2.90. The van der Waals surface area contributed by atoms with Crippen LogP contribution >= 0.6 is 11.3 Å². The van der Waals surface area contributed by atoms with Gasteiger partial charge in [-0.2, -0.15) is 0 Å². The molecular weight excluding hydrogens is 260 g/mol. The summed E-state index contributed by atoms with van der Waals surface area (Å²) in [5.41, 5.74) is 5.97. The number of aromatic nitrogens is 1. The van der Waals surface area contributed by atoms with Crippen LogP contribution in [0.4, 0.5) is 0 Å². The van der Waals surface area contributed by atoms with Crippen molar-refractivity contribution in [3.05, 3.63) is 16.1 Å². The van der Waals surface area contributed by atoms with Crippen molar-refractivity contribution in [3.8, 4) is 0 Å². The van der Waals surface area contributed by atoms with E-state index in [0.29, 0.717) is 24.8 Å². The Hall–Kier alpha value is -0.980. The maximum absolute atomic E-state index is 11.9. The molecule has 1 aromatic heterocycles. The van der Waals surface area contributed by atoms with Gasteiger partial charge in [0.1, 0.15) is 10.7 Å². The Morgan fingerprint density at radius 1 is 1.63 bits per heavy atom. The molecule has 1 unspecified atom stereocenters. The van der Waals surface area contributed by atoms with Crippen molar-refractivity contribution >= 4 is 17.2 Å². The van der Waals surface area contributed by atoms with E-state index in [4.69, 9.17) is 5.73 Å². The van der Waals surface area contributed by atoms with Gasteiger partial charge >= 0.3 is 0 Å². The fraction of sp³-hybridized carbons (Fsp3) is 0.692. The molecule has 19 heavy (non-hydrogen) atoms. The number of amides is 1. The van der Waals surface area contributed by atoms with E-state index in [1.54, 1.807) is 5.38 Å². The lowest BCUT2D eigenvalue weighted by atomic mass is 10.0. The third-order valence-corrected chi connectivity index (χ3v) is 4.46. The monoisotopic (exact) mass is 282 g/mol. The minimum Gasteiger partial charge on any atom is -0.349 e. The highest BCUT2D eigenvalue weighted by Crippen LogP contribution is 2.15. The van der Waals surface area contributed by atoms with Crippen molar-refractivity contribution < 1.29 is 4.79 Å². The highest BCUT2D eigenvalue weighted by molar-refractivity contribution is 7.09. The summed E-state index contributed by atoms with van der Waals surface area (Å²) < 4.78 is 0. The Bertz CT molecular complexity index is 421. The van der Waals surface area contributed by atoms with Crippen LogP contribution in [0.15, 0.2) is 5.38 Å². The number of carbonyl (C=O) groups excluding carboxylic acids is 1. The molecule has 1 fully saturated rings. The van der Waals surface area contributed by atoms with Gasteiger partial charge in [0.15, 0.2) is 0 Å². The predicted molar refractivity (Wildman–Crippen MR) is 77.2 cm³/mol. The predicted octanol–water partition coefficient (Wildman–Crippen LogP) is 1.21. The first-order valence-electron chi connectivity index (χ1n) is 6.87. The van der Waals surface area contributed by atoms with Gasteiger partial charge in [-0.3, -0.25) is 9.69 Å². The van der Waals surface area contributed by atoms with Crippen LogP contribution in [0.25, 0.3) is 0 Å². The number of carbonyl (C=O) groups is 1. The Kier molecular flexibility index (Phi) is 5.30. The van der Waals surface area contributed by atoms with Gasteiger partial charge in [0, 0.05) is 31.1 Å². The summed E-state index contributed by atoms with van der Waals surface area (Å²) in [6, 6.07) is 0.633. The van der Waals surface area contributed by atoms with Gasteiger partial charge in [0.05, 0.1) is 0 Å². The summed E-state index contributed by atoms with van der Waals surface area (Å²) in [5.74, 6) is -0.0967.